The molecule has 0 unspecified atom stereocenters. The first-order valence-corrected chi connectivity index (χ1v) is 17.0. The minimum atomic E-state index is -2.06. The third-order valence-electron chi connectivity index (χ3n) is 7.30. The quantitative estimate of drug-likeness (QED) is 0.617. The van der Waals surface area contributed by atoms with Crippen LogP contribution in [0.1, 0.15) is 59.8 Å². The summed E-state index contributed by atoms with van der Waals surface area (Å²) in [5, 5.41) is 0.148. The molecule has 0 bridgehead atoms. The second-order valence-electron chi connectivity index (χ2n) is 11.8. The summed E-state index contributed by atoms with van der Waals surface area (Å²) in [5.41, 5.74) is -0.352. The van der Waals surface area contributed by atoms with E-state index in [4.69, 9.17) is 13.6 Å². The zero-order chi connectivity index (χ0) is 24.0. The summed E-state index contributed by atoms with van der Waals surface area (Å²) >= 11 is 0. The molecule has 1 aromatic rings. The molecule has 178 valence electrons. The van der Waals surface area contributed by atoms with Gasteiger partial charge in [-0.2, -0.15) is 0 Å². The van der Waals surface area contributed by atoms with Crippen LogP contribution in [-0.2, 0) is 13.6 Å². The summed E-state index contributed by atoms with van der Waals surface area (Å²) < 4.78 is 21.0. The van der Waals surface area contributed by atoms with Gasteiger partial charge in [-0.15, -0.1) is 0 Å². The van der Waals surface area contributed by atoms with Crippen molar-refractivity contribution in [2.45, 2.75) is 110 Å². The summed E-state index contributed by atoms with van der Waals surface area (Å²) in [6.45, 7) is 24.3. The molecule has 0 aliphatic carbocycles. The van der Waals surface area contributed by atoms with Crippen molar-refractivity contribution >= 4 is 16.6 Å². The fourth-order valence-electron chi connectivity index (χ4n) is 3.01. The van der Waals surface area contributed by atoms with Crippen LogP contribution in [0.4, 0.5) is 0 Å². The zero-order valence-corrected chi connectivity index (χ0v) is 23.2. The predicted molar refractivity (Wildman–Crippen MR) is 130 cm³/mol. The first kappa shape index (κ1) is 26.2. The van der Waals surface area contributed by atoms with Crippen molar-refractivity contribution in [2.24, 2.45) is 0 Å². The van der Waals surface area contributed by atoms with Crippen LogP contribution in [0.3, 0.4) is 0 Å². The third-order valence-corrected chi connectivity index (χ3v) is 16.3. The average molecular weight is 471 g/mol. The molecule has 0 saturated carbocycles. The molecule has 2 rings (SSSR count). The van der Waals surface area contributed by atoms with Crippen LogP contribution in [0.2, 0.25) is 36.3 Å². The molecular formula is C22H42N2O5Si2. The number of aryl methyl sites for hydroxylation is 1. The van der Waals surface area contributed by atoms with Gasteiger partial charge in [0.2, 0.25) is 0 Å². The van der Waals surface area contributed by atoms with Crippen LogP contribution in [0.25, 0.3) is 0 Å². The first-order chi connectivity index (χ1) is 13.9. The molecule has 1 N–H and O–H groups in total. The van der Waals surface area contributed by atoms with Gasteiger partial charge in [0.25, 0.3) is 5.56 Å². The van der Waals surface area contributed by atoms with E-state index in [0.717, 1.165) is 0 Å². The van der Waals surface area contributed by atoms with Gasteiger partial charge in [0.15, 0.2) is 16.6 Å². The number of nitrogens with one attached hydrogen (secondary N) is 1. The Bertz CT molecular complexity index is 893. The van der Waals surface area contributed by atoms with E-state index in [9.17, 15) is 9.59 Å². The third kappa shape index (κ3) is 5.87. The summed E-state index contributed by atoms with van der Waals surface area (Å²) in [5.74, 6) is 0. The summed E-state index contributed by atoms with van der Waals surface area (Å²) in [6, 6.07) is 0. The van der Waals surface area contributed by atoms with Gasteiger partial charge in [-0.05, 0) is 43.2 Å². The van der Waals surface area contributed by atoms with Crippen LogP contribution >= 0.6 is 0 Å². The normalized spacial score (nSPS) is 23.4. The number of hydrogen-bond acceptors (Lipinski definition) is 5. The number of aromatic nitrogens is 2. The van der Waals surface area contributed by atoms with Gasteiger partial charge >= 0.3 is 5.69 Å². The van der Waals surface area contributed by atoms with Crippen molar-refractivity contribution in [2.75, 3.05) is 6.61 Å². The van der Waals surface area contributed by atoms with Crippen molar-refractivity contribution in [3.05, 3.63) is 32.6 Å². The lowest BCUT2D eigenvalue weighted by Crippen LogP contribution is -2.48. The van der Waals surface area contributed by atoms with E-state index in [2.05, 4.69) is 72.7 Å². The fourth-order valence-corrected chi connectivity index (χ4v) is 5.38. The minimum Gasteiger partial charge on any atom is -0.414 e. The molecule has 3 atom stereocenters. The Balaban J connectivity index is 2.32. The Morgan fingerprint density at radius 3 is 2.13 bits per heavy atom. The minimum absolute atomic E-state index is 0.0569. The Labute approximate surface area is 188 Å². The van der Waals surface area contributed by atoms with Crippen molar-refractivity contribution < 1.29 is 13.6 Å². The van der Waals surface area contributed by atoms with Gasteiger partial charge in [0.05, 0.1) is 12.7 Å². The van der Waals surface area contributed by atoms with Gasteiger partial charge in [0, 0.05) is 18.2 Å². The number of hydrogen-bond donors (Lipinski definition) is 1. The largest absolute Gasteiger partial charge is 0.414 e. The number of nitrogens with zero attached hydrogens (tertiary/aromatic N) is 1. The molecule has 0 spiro atoms. The van der Waals surface area contributed by atoms with Gasteiger partial charge < -0.3 is 13.6 Å². The lowest BCUT2D eigenvalue weighted by atomic mass is 10.2. The smallest absolute Gasteiger partial charge is 0.330 e. The molecule has 1 saturated heterocycles. The highest BCUT2D eigenvalue weighted by atomic mass is 28.4. The highest BCUT2D eigenvalue weighted by molar-refractivity contribution is 6.74. The topological polar surface area (TPSA) is 82.6 Å². The van der Waals surface area contributed by atoms with Crippen LogP contribution in [0.15, 0.2) is 15.8 Å². The molecular weight excluding hydrogens is 428 g/mol. The van der Waals surface area contributed by atoms with E-state index in [1.165, 1.54) is 4.57 Å². The van der Waals surface area contributed by atoms with Gasteiger partial charge in [0.1, 0.15) is 12.3 Å². The monoisotopic (exact) mass is 470 g/mol. The van der Waals surface area contributed by atoms with Crippen LogP contribution in [0.5, 0.6) is 0 Å². The second kappa shape index (κ2) is 8.74. The SMILES string of the molecule is Cc1cn([C@@H]2C[C@H](O[Si](C)(C)C(C)(C)C)[C@@H](CO[Si](C)(C)C(C)(C)C)O2)c(=O)[nH]c1=O. The highest BCUT2D eigenvalue weighted by Crippen LogP contribution is 2.42. The summed E-state index contributed by atoms with van der Waals surface area (Å²) in [6.07, 6.45) is 1.18. The lowest BCUT2D eigenvalue weighted by Gasteiger charge is -2.40. The number of ether oxygens (including phenoxy) is 1. The number of rotatable bonds is 6. The predicted octanol–water partition coefficient (Wildman–Crippen LogP) is 4.54. The second-order valence-corrected chi connectivity index (χ2v) is 21.4. The number of aromatic amines is 1. The van der Waals surface area contributed by atoms with Gasteiger partial charge in [-0.25, -0.2) is 4.79 Å². The van der Waals surface area contributed by atoms with Crippen molar-refractivity contribution in [1.82, 2.24) is 9.55 Å². The highest BCUT2D eigenvalue weighted by Gasteiger charge is 2.46. The lowest BCUT2D eigenvalue weighted by molar-refractivity contribution is -0.0413. The van der Waals surface area contributed by atoms with Crippen molar-refractivity contribution in [1.29, 1.82) is 0 Å². The molecule has 1 aromatic heterocycles. The molecule has 9 heteroatoms. The van der Waals surface area contributed by atoms with E-state index in [0.29, 0.717) is 18.6 Å². The molecule has 0 radical (unpaired) electrons. The summed E-state index contributed by atoms with van der Waals surface area (Å²) in [7, 11) is -4.02. The zero-order valence-electron chi connectivity index (χ0n) is 21.2. The van der Waals surface area contributed by atoms with Gasteiger partial charge in [-0.1, -0.05) is 41.5 Å². The fraction of sp³-hybridized carbons (Fsp3) is 0.818. The van der Waals surface area contributed by atoms with Crippen LogP contribution in [-0.4, -0.2) is 45.0 Å². The maximum absolute atomic E-state index is 12.5. The Morgan fingerprint density at radius 1 is 1.06 bits per heavy atom. The van der Waals surface area contributed by atoms with Crippen LogP contribution < -0.4 is 11.2 Å². The molecule has 1 aliphatic rings. The standard InChI is InChI=1S/C22H42N2O5Si2/c1-15-13-24(20(26)23-19(15)25)18-12-16(29-31(10,11)22(5,6)7)17(28-18)14-27-30(8,9)21(2,3)4/h13,16-18H,12,14H2,1-11H3,(H,23,25,26)/t16-,17+,18-/m0/s1. The van der Waals surface area contributed by atoms with Crippen molar-refractivity contribution in [3.8, 4) is 0 Å². The van der Waals surface area contributed by atoms with E-state index < -0.39 is 28.6 Å². The molecule has 7 nitrogen and oxygen atoms in total. The maximum atomic E-state index is 12.5. The average Bonchev–Trinajstić information content (AvgIpc) is 2.96. The number of H-pyrrole nitrogens is 1. The molecule has 0 amide bonds. The first-order valence-electron chi connectivity index (χ1n) is 11.1. The molecule has 31 heavy (non-hydrogen) atoms. The Morgan fingerprint density at radius 2 is 1.61 bits per heavy atom. The maximum Gasteiger partial charge on any atom is 0.330 e. The van der Waals surface area contributed by atoms with E-state index >= 15 is 0 Å². The molecule has 1 fully saturated rings. The Hall–Kier alpha value is -1.01. The Kier molecular flexibility index (Phi) is 7.40. The van der Waals surface area contributed by atoms with Gasteiger partial charge in [-0.3, -0.25) is 14.3 Å². The van der Waals surface area contributed by atoms with Crippen LogP contribution in [0, 0.1) is 6.92 Å². The molecule has 1 aliphatic heterocycles. The van der Waals surface area contributed by atoms with E-state index in [1.807, 2.05) is 0 Å². The molecule has 2 heterocycles. The van der Waals surface area contributed by atoms with E-state index in [1.54, 1.807) is 13.1 Å². The van der Waals surface area contributed by atoms with E-state index in [-0.39, 0.29) is 27.8 Å². The summed E-state index contributed by atoms with van der Waals surface area (Å²) in [4.78, 5) is 26.6. The molecule has 0 aromatic carbocycles. The van der Waals surface area contributed by atoms with Crippen molar-refractivity contribution in [3.63, 3.8) is 0 Å².